The summed E-state index contributed by atoms with van der Waals surface area (Å²) in [5, 5.41) is 12.2. The van der Waals surface area contributed by atoms with Gasteiger partial charge in [0.1, 0.15) is 5.75 Å². The van der Waals surface area contributed by atoms with Crippen molar-refractivity contribution in [3.8, 4) is 5.75 Å². The average molecular weight is 223 g/mol. The van der Waals surface area contributed by atoms with E-state index < -0.39 is 6.09 Å². The molecule has 0 fully saturated rings. The first-order valence-corrected chi connectivity index (χ1v) is 5.31. The van der Waals surface area contributed by atoms with Crippen molar-refractivity contribution >= 4 is 11.8 Å². The topological polar surface area (TPSA) is 58.6 Å². The molecule has 1 rings (SSSR count). The maximum atomic E-state index is 11.1. The van der Waals surface area contributed by atoms with Crippen molar-refractivity contribution in [2.24, 2.45) is 0 Å². The number of rotatable bonds is 3. The lowest BCUT2D eigenvalue weighted by Crippen LogP contribution is -2.13. The number of carbonyl (C=O) groups excluding carboxylic acids is 1. The summed E-state index contributed by atoms with van der Waals surface area (Å²) in [6, 6.07) is 5.06. The molecule has 0 radical (unpaired) electrons. The smallest absolute Gasteiger partial charge is 0.411 e. The molecule has 0 saturated heterocycles. The molecule has 4 nitrogen and oxygen atoms in total. The molecule has 1 aromatic rings. The van der Waals surface area contributed by atoms with Crippen molar-refractivity contribution in [3.05, 3.63) is 23.8 Å². The molecule has 0 aromatic heterocycles. The third-order valence-corrected chi connectivity index (χ3v) is 2.17. The van der Waals surface area contributed by atoms with E-state index in [-0.39, 0.29) is 11.7 Å². The fourth-order valence-electron chi connectivity index (χ4n) is 1.39. The van der Waals surface area contributed by atoms with E-state index >= 15 is 0 Å². The van der Waals surface area contributed by atoms with Crippen molar-refractivity contribution in [3.63, 3.8) is 0 Å². The van der Waals surface area contributed by atoms with E-state index in [1.807, 2.05) is 13.8 Å². The minimum absolute atomic E-state index is 0.185. The number of amides is 1. The Morgan fingerprint density at radius 2 is 2.19 bits per heavy atom. The van der Waals surface area contributed by atoms with Crippen molar-refractivity contribution in [1.29, 1.82) is 0 Å². The van der Waals surface area contributed by atoms with Gasteiger partial charge in [-0.3, -0.25) is 5.32 Å². The third-order valence-electron chi connectivity index (χ3n) is 2.17. The second-order valence-corrected chi connectivity index (χ2v) is 3.77. The van der Waals surface area contributed by atoms with Gasteiger partial charge < -0.3 is 9.84 Å². The molecule has 1 amide bonds. The Hall–Kier alpha value is -1.71. The predicted molar refractivity (Wildman–Crippen MR) is 62.8 cm³/mol. The molecule has 1 aromatic carbocycles. The van der Waals surface area contributed by atoms with Gasteiger partial charge in [-0.05, 0) is 24.5 Å². The Morgan fingerprint density at radius 1 is 1.50 bits per heavy atom. The van der Waals surface area contributed by atoms with Crippen LogP contribution in [0.25, 0.3) is 0 Å². The fraction of sp³-hybridized carbons (Fsp3) is 0.417. The highest BCUT2D eigenvalue weighted by Gasteiger charge is 2.08. The Morgan fingerprint density at radius 3 is 2.69 bits per heavy atom. The lowest BCUT2D eigenvalue weighted by atomic mass is 10.0. The molecule has 4 heteroatoms. The van der Waals surface area contributed by atoms with Crippen molar-refractivity contribution in [1.82, 2.24) is 0 Å². The number of anilines is 1. The number of hydrogen-bond acceptors (Lipinski definition) is 3. The first-order chi connectivity index (χ1) is 7.54. The van der Waals surface area contributed by atoms with Crippen LogP contribution >= 0.6 is 0 Å². The average Bonchev–Trinajstić information content (AvgIpc) is 2.17. The highest BCUT2D eigenvalue weighted by atomic mass is 16.5. The monoisotopic (exact) mass is 223 g/mol. The Balaban J connectivity index is 2.77. The Labute approximate surface area is 95.2 Å². The fourth-order valence-corrected chi connectivity index (χ4v) is 1.39. The molecule has 0 saturated carbocycles. The van der Waals surface area contributed by atoms with E-state index in [0.29, 0.717) is 12.3 Å². The van der Waals surface area contributed by atoms with Crippen LogP contribution in [0.4, 0.5) is 10.5 Å². The molecule has 0 unspecified atom stereocenters. The number of phenolic OH excluding ortho intramolecular Hbond substituents is 1. The number of benzene rings is 1. The maximum absolute atomic E-state index is 11.1. The highest BCUT2D eigenvalue weighted by molar-refractivity contribution is 5.84. The predicted octanol–water partition coefficient (Wildman–Crippen LogP) is 3.08. The SMILES string of the molecule is CCOC(=O)Nc1ccc(C(C)C)c(O)c1. The summed E-state index contributed by atoms with van der Waals surface area (Å²) in [6.07, 6.45) is -0.515. The first-order valence-electron chi connectivity index (χ1n) is 5.31. The van der Waals surface area contributed by atoms with Gasteiger partial charge in [-0.2, -0.15) is 0 Å². The van der Waals surface area contributed by atoms with Gasteiger partial charge in [0.15, 0.2) is 0 Å². The van der Waals surface area contributed by atoms with Crippen LogP contribution in [0.1, 0.15) is 32.3 Å². The van der Waals surface area contributed by atoms with Crippen LogP contribution in [0.2, 0.25) is 0 Å². The normalized spacial score (nSPS) is 10.2. The quantitative estimate of drug-likeness (QED) is 0.827. The summed E-state index contributed by atoms with van der Waals surface area (Å²) in [7, 11) is 0. The minimum atomic E-state index is -0.515. The van der Waals surface area contributed by atoms with Gasteiger partial charge in [0.05, 0.1) is 6.61 Å². The molecule has 0 spiro atoms. The van der Waals surface area contributed by atoms with E-state index in [1.54, 1.807) is 19.1 Å². The van der Waals surface area contributed by atoms with Gasteiger partial charge in [0, 0.05) is 11.8 Å². The van der Waals surface area contributed by atoms with Gasteiger partial charge in [0.2, 0.25) is 0 Å². The van der Waals surface area contributed by atoms with E-state index in [9.17, 15) is 9.90 Å². The Bertz CT molecular complexity index is 375. The molecule has 0 heterocycles. The van der Waals surface area contributed by atoms with Crippen LogP contribution < -0.4 is 5.32 Å². The van der Waals surface area contributed by atoms with Crippen LogP contribution in [0.5, 0.6) is 5.75 Å². The molecule has 16 heavy (non-hydrogen) atoms. The van der Waals surface area contributed by atoms with Crippen molar-refractivity contribution in [2.45, 2.75) is 26.7 Å². The molecule has 0 aliphatic carbocycles. The zero-order valence-corrected chi connectivity index (χ0v) is 9.78. The number of phenols is 1. The summed E-state index contributed by atoms with van der Waals surface area (Å²) < 4.78 is 4.73. The molecule has 0 aliphatic rings. The van der Waals surface area contributed by atoms with Crippen LogP contribution in [0.3, 0.4) is 0 Å². The number of carbonyl (C=O) groups is 1. The maximum Gasteiger partial charge on any atom is 0.411 e. The van der Waals surface area contributed by atoms with Crippen LogP contribution in [-0.2, 0) is 4.74 Å². The van der Waals surface area contributed by atoms with Crippen molar-refractivity contribution < 1.29 is 14.6 Å². The van der Waals surface area contributed by atoms with Crippen LogP contribution in [-0.4, -0.2) is 17.8 Å². The lowest BCUT2D eigenvalue weighted by molar-refractivity contribution is 0.168. The number of ether oxygens (including phenoxy) is 1. The third kappa shape index (κ3) is 3.15. The molecular formula is C12H17NO3. The Kier molecular flexibility index (Phi) is 4.17. The van der Waals surface area contributed by atoms with E-state index in [0.717, 1.165) is 5.56 Å². The summed E-state index contributed by atoms with van der Waals surface area (Å²) in [4.78, 5) is 11.1. The van der Waals surface area contributed by atoms with Gasteiger partial charge in [0.25, 0.3) is 0 Å². The molecule has 2 N–H and O–H groups in total. The van der Waals surface area contributed by atoms with E-state index in [2.05, 4.69) is 5.32 Å². The summed E-state index contributed by atoms with van der Waals surface area (Å²) in [5.74, 6) is 0.431. The van der Waals surface area contributed by atoms with Crippen LogP contribution in [0, 0.1) is 0 Å². The van der Waals surface area contributed by atoms with Gasteiger partial charge in [-0.15, -0.1) is 0 Å². The summed E-state index contributed by atoms with van der Waals surface area (Å²) in [6.45, 7) is 6.04. The van der Waals surface area contributed by atoms with Gasteiger partial charge in [-0.25, -0.2) is 4.79 Å². The second kappa shape index (κ2) is 5.39. The number of hydrogen-bond donors (Lipinski definition) is 2. The number of nitrogens with one attached hydrogen (secondary N) is 1. The molecule has 0 bridgehead atoms. The van der Waals surface area contributed by atoms with E-state index in [4.69, 9.17) is 4.74 Å². The highest BCUT2D eigenvalue weighted by Crippen LogP contribution is 2.28. The minimum Gasteiger partial charge on any atom is -0.508 e. The van der Waals surface area contributed by atoms with Crippen LogP contribution in [0.15, 0.2) is 18.2 Å². The molecule has 0 atom stereocenters. The summed E-state index contributed by atoms with van der Waals surface area (Å²) in [5.41, 5.74) is 1.38. The zero-order valence-electron chi connectivity index (χ0n) is 9.78. The summed E-state index contributed by atoms with van der Waals surface area (Å²) >= 11 is 0. The van der Waals surface area contributed by atoms with E-state index in [1.165, 1.54) is 6.07 Å². The van der Waals surface area contributed by atoms with Crippen molar-refractivity contribution in [2.75, 3.05) is 11.9 Å². The largest absolute Gasteiger partial charge is 0.508 e. The zero-order chi connectivity index (χ0) is 12.1. The van der Waals surface area contributed by atoms with Gasteiger partial charge in [-0.1, -0.05) is 19.9 Å². The molecule has 88 valence electrons. The molecule has 0 aliphatic heterocycles. The first kappa shape index (κ1) is 12.4. The molecular weight excluding hydrogens is 206 g/mol. The second-order valence-electron chi connectivity index (χ2n) is 3.77. The standard InChI is InChI=1S/C12H17NO3/c1-4-16-12(15)13-9-5-6-10(8(2)3)11(14)7-9/h5-8,14H,4H2,1-3H3,(H,13,15). The van der Waals surface area contributed by atoms with Gasteiger partial charge >= 0.3 is 6.09 Å². The number of aromatic hydroxyl groups is 1. The lowest BCUT2D eigenvalue weighted by Gasteiger charge is -2.10.